The van der Waals surface area contributed by atoms with E-state index in [1.54, 1.807) is 6.07 Å². The van der Waals surface area contributed by atoms with Gasteiger partial charge in [0.05, 0.1) is 5.69 Å². The molecule has 0 fully saturated rings. The molecule has 16 heavy (non-hydrogen) atoms. The second kappa shape index (κ2) is 4.18. The SMILES string of the molecule is CCc1nn(C)cc1-c1ccc(Cl)cc1N. The largest absolute Gasteiger partial charge is 0.398 e. The number of halogens is 1. The van der Waals surface area contributed by atoms with Crippen molar-refractivity contribution >= 4 is 17.3 Å². The van der Waals surface area contributed by atoms with Gasteiger partial charge in [0.2, 0.25) is 0 Å². The van der Waals surface area contributed by atoms with Gasteiger partial charge in [-0.25, -0.2) is 0 Å². The van der Waals surface area contributed by atoms with Gasteiger partial charge in [-0.05, 0) is 18.6 Å². The predicted molar refractivity (Wildman–Crippen MR) is 67.4 cm³/mol. The summed E-state index contributed by atoms with van der Waals surface area (Å²) in [6.07, 6.45) is 2.87. The number of hydrogen-bond donors (Lipinski definition) is 1. The highest BCUT2D eigenvalue weighted by molar-refractivity contribution is 6.31. The Kier molecular flexibility index (Phi) is 2.88. The first-order chi connectivity index (χ1) is 7.61. The zero-order chi connectivity index (χ0) is 11.7. The van der Waals surface area contributed by atoms with Gasteiger partial charge in [-0.1, -0.05) is 24.6 Å². The maximum absolute atomic E-state index is 5.96. The number of nitrogens with zero attached hydrogens (tertiary/aromatic N) is 2. The lowest BCUT2D eigenvalue weighted by atomic mass is 10.0. The molecule has 0 aliphatic heterocycles. The second-order valence-electron chi connectivity index (χ2n) is 3.75. The van der Waals surface area contributed by atoms with E-state index in [1.807, 2.05) is 30.1 Å². The number of aryl methyl sites for hydroxylation is 2. The molecule has 0 aliphatic rings. The molecule has 0 atom stereocenters. The summed E-state index contributed by atoms with van der Waals surface area (Å²) in [7, 11) is 1.91. The summed E-state index contributed by atoms with van der Waals surface area (Å²) in [6, 6.07) is 5.55. The molecule has 1 aromatic heterocycles. The third kappa shape index (κ3) is 1.91. The molecule has 1 heterocycles. The fourth-order valence-electron chi connectivity index (χ4n) is 1.80. The van der Waals surface area contributed by atoms with E-state index in [2.05, 4.69) is 12.0 Å². The molecule has 0 unspecified atom stereocenters. The lowest BCUT2D eigenvalue weighted by molar-refractivity contribution is 0.746. The highest BCUT2D eigenvalue weighted by Crippen LogP contribution is 2.30. The monoisotopic (exact) mass is 235 g/mol. The third-order valence-electron chi connectivity index (χ3n) is 2.54. The molecule has 4 heteroatoms. The first kappa shape index (κ1) is 11.0. The summed E-state index contributed by atoms with van der Waals surface area (Å²) >= 11 is 5.88. The number of nitrogens with two attached hydrogens (primary N) is 1. The van der Waals surface area contributed by atoms with Crippen LogP contribution in [0.25, 0.3) is 11.1 Å². The minimum atomic E-state index is 0.656. The van der Waals surface area contributed by atoms with Crippen LogP contribution in [0.15, 0.2) is 24.4 Å². The Hall–Kier alpha value is -1.48. The zero-order valence-corrected chi connectivity index (χ0v) is 10.1. The summed E-state index contributed by atoms with van der Waals surface area (Å²) in [5, 5.41) is 5.05. The van der Waals surface area contributed by atoms with Crippen molar-refractivity contribution in [1.29, 1.82) is 0 Å². The molecular formula is C12H14ClN3. The maximum Gasteiger partial charge on any atom is 0.0700 e. The minimum Gasteiger partial charge on any atom is -0.398 e. The maximum atomic E-state index is 5.96. The molecule has 2 rings (SSSR count). The predicted octanol–water partition coefficient (Wildman–Crippen LogP) is 2.89. The Bertz CT molecular complexity index is 517. The highest BCUT2D eigenvalue weighted by Gasteiger charge is 2.10. The lowest BCUT2D eigenvalue weighted by Gasteiger charge is -2.05. The molecule has 0 saturated heterocycles. The third-order valence-corrected chi connectivity index (χ3v) is 2.78. The van der Waals surface area contributed by atoms with Crippen molar-refractivity contribution in [2.24, 2.45) is 7.05 Å². The smallest absolute Gasteiger partial charge is 0.0700 e. The van der Waals surface area contributed by atoms with Gasteiger partial charge >= 0.3 is 0 Å². The quantitative estimate of drug-likeness (QED) is 0.814. The number of nitrogen functional groups attached to an aromatic ring is 1. The fraction of sp³-hybridized carbons (Fsp3) is 0.250. The molecule has 0 spiro atoms. The van der Waals surface area contributed by atoms with Crippen LogP contribution < -0.4 is 5.73 Å². The minimum absolute atomic E-state index is 0.656. The van der Waals surface area contributed by atoms with Gasteiger partial charge in [-0.3, -0.25) is 4.68 Å². The van der Waals surface area contributed by atoms with Crippen molar-refractivity contribution in [3.8, 4) is 11.1 Å². The van der Waals surface area contributed by atoms with Gasteiger partial charge < -0.3 is 5.73 Å². The molecule has 84 valence electrons. The molecular weight excluding hydrogens is 222 g/mol. The first-order valence-corrected chi connectivity index (χ1v) is 5.57. The number of anilines is 1. The molecule has 0 bridgehead atoms. The van der Waals surface area contributed by atoms with Crippen LogP contribution in [0.1, 0.15) is 12.6 Å². The normalized spacial score (nSPS) is 10.7. The van der Waals surface area contributed by atoms with Crippen molar-refractivity contribution in [3.63, 3.8) is 0 Å². The number of aromatic nitrogens is 2. The number of hydrogen-bond acceptors (Lipinski definition) is 2. The number of benzene rings is 1. The Balaban J connectivity index is 2.57. The van der Waals surface area contributed by atoms with Crippen LogP contribution in [0.5, 0.6) is 0 Å². The van der Waals surface area contributed by atoms with E-state index in [4.69, 9.17) is 17.3 Å². The van der Waals surface area contributed by atoms with Gasteiger partial charge in [-0.2, -0.15) is 5.10 Å². The van der Waals surface area contributed by atoms with E-state index in [0.717, 1.165) is 23.2 Å². The van der Waals surface area contributed by atoms with Crippen LogP contribution in [-0.4, -0.2) is 9.78 Å². The van der Waals surface area contributed by atoms with Gasteiger partial charge in [0.15, 0.2) is 0 Å². The van der Waals surface area contributed by atoms with Crippen molar-refractivity contribution in [1.82, 2.24) is 9.78 Å². The van der Waals surface area contributed by atoms with Crippen LogP contribution in [-0.2, 0) is 13.5 Å². The van der Waals surface area contributed by atoms with E-state index >= 15 is 0 Å². The lowest BCUT2D eigenvalue weighted by Crippen LogP contribution is -1.92. The molecule has 0 aliphatic carbocycles. The molecule has 0 saturated carbocycles. The highest BCUT2D eigenvalue weighted by atomic mass is 35.5. The topological polar surface area (TPSA) is 43.8 Å². The molecule has 0 amide bonds. The molecule has 2 N–H and O–H groups in total. The Morgan fingerprint density at radius 3 is 2.75 bits per heavy atom. The molecule has 0 radical (unpaired) electrons. The van der Waals surface area contributed by atoms with E-state index in [0.29, 0.717) is 10.7 Å². The zero-order valence-electron chi connectivity index (χ0n) is 9.37. The van der Waals surface area contributed by atoms with E-state index < -0.39 is 0 Å². The van der Waals surface area contributed by atoms with Crippen molar-refractivity contribution in [2.45, 2.75) is 13.3 Å². The Morgan fingerprint density at radius 2 is 2.12 bits per heavy atom. The van der Waals surface area contributed by atoms with Gasteiger partial charge in [0.25, 0.3) is 0 Å². The summed E-state index contributed by atoms with van der Waals surface area (Å²) < 4.78 is 1.81. The van der Waals surface area contributed by atoms with E-state index in [1.165, 1.54) is 0 Å². The van der Waals surface area contributed by atoms with Crippen molar-refractivity contribution in [3.05, 3.63) is 35.1 Å². The van der Waals surface area contributed by atoms with Crippen LogP contribution in [0.3, 0.4) is 0 Å². The second-order valence-corrected chi connectivity index (χ2v) is 4.18. The van der Waals surface area contributed by atoms with Gasteiger partial charge in [0.1, 0.15) is 0 Å². The standard InChI is InChI=1S/C12H14ClN3/c1-3-12-10(7-16(2)15-12)9-5-4-8(13)6-11(9)14/h4-7H,3,14H2,1-2H3. The summed E-state index contributed by atoms with van der Waals surface area (Å²) in [5.41, 5.74) is 9.78. The van der Waals surface area contributed by atoms with E-state index in [9.17, 15) is 0 Å². The molecule has 3 nitrogen and oxygen atoms in total. The Morgan fingerprint density at radius 1 is 1.38 bits per heavy atom. The van der Waals surface area contributed by atoms with Crippen molar-refractivity contribution < 1.29 is 0 Å². The fourth-order valence-corrected chi connectivity index (χ4v) is 1.98. The molecule has 2 aromatic rings. The summed E-state index contributed by atoms with van der Waals surface area (Å²) in [5.74, 6) is 0. The van der Waals surface area contributed by atoms with Crippen LogP contribution >= 0.6 is 11.6 Å². The molecule has 1 aromatic carbocycles. The van der Waals surface area contributed by atoms with Gasteiger partial charge in [0, 0.05) is 35.1 Å². The number of rotatable bonds is 2. The van der Waals surface area contributed by atoms with Gasteiger partial charge in [-0.15, -0.1) is 0 Å². The van der Waals surface area contributed by atoms with Crippen molar-refractivity contribution in [2.75, 3.05) is 5.73 Å². The summed E-state index contributed by atoms with van der Waals surface area (Å²) in [4.78, 5) is 0. The van der Waals surface area contributed by atoms with E-state index in [-0.39, 0.29) is 0 Å². The Labute approximate surface area is 99.8 Å². The average Bonchev–Trinajstić information content (AvgIpc) is 2.59. The average molecular weight is 236 g/mol. The van der Waals surface area contributed by atoms with Crippen LogP contribution in [0.2, 0.25) is 5.02 Å². The first-order valence-electron chi connectivity index (χ1n) is 5.19. The van der Waals surface area contributed by atoms with Crippen LogP contribution in [0, 0.1) is 0 Å². The van der Waals surface area contributed by atoms with Crippen LogP contribution in [0.4, 0.5) is 5.69 Å². The summed E-state index contributed by atoms with van der Waals surface area (Å²) in [6.45, 7) is 2.08.